The van der Waals surface area contributed by atoms with Gasteiger partial charge in [0.25, 0.3) is 0 Å². The normalized spacial score (nSPS) is 15.9. The van der Waals surface area contributed by atoms with Crippen LogP contribution in [0.4, 0.5) is 0 Å². The lowest BCUT2D eigenvalue weighted by molar-refractivity contribution is -0.122. The Hall–Kier alpha value is -2.90. The van der Waals surface area contributed by atoms with Gasteiger partial charge >= 0.3 is 0 Å². The van der Waals surface area contributed by atoms with E-state index in [4.69, 9.17) is 15.2 Å². The first-order valence-electron chi connectivity index (χ1n) is 11.3. The van der Waals surface area contributed by atoms with Gasteiger partial charge in [-0.1, -0.05) is 42.5 Å². The van der Waals surface area contributed by atoms with E-state index in [-0.39, 0.29) is 31.0 Å². The molecule has 33 heavy (non-hydrogen) atoms. The molecule has 1 amide bonds. The molecular formula is C26H29NO5S. The lowest BCUT2D eigenvalue weighted by Gasteiger charge is -2.33. The van der Waals surface area contributed by atoms with Gasteiger partial charge in [-0.05, 0) is 72.7 Å². The van der Waals surface area contributed by atoms with Crippen LogP contribution < -0.4 is 10.5 Å². The van der Waals surface area contributed by atoms with Crippen LogP contribution in [-0.2, 0) is 25.8 Å². The first-order chi connectivity index (χ1) is 15.9. The van der Waals surface area contributed by atoms with Crippen molar-refractivity contribution in [2.75, 3.05) is 19.8 Å². The molecule has 4 rings (SSSR count). The van der Waals surface area contributed by atoms with E-state index in [2.05, 4.69) is 30.3 Å². The predicted octanol–water partition coefficient (Wildman–Crippen LogP) is 4.05. The minimum Gasteiger partial charge on any atom is -0.494 e. The molecule has 6 nitrogen and oxygen atoms in total. The minimum absolute atomic E-state index is 0.0696. The van der Waals surface area contributed by atoms with Crippen molar-refractivity contribution in [3.8, 4) is 5.75 Å². The summed E-state index contributed by atoms with van der Waals surface area (Å²) in [4.78, 5) is 12.2. The summed E-state index contributed by atoms with van der Waals surface area (Å²) < 4.78 is 35.8. The Morgan fingerprint density at radius 1 is 0.939 bits per heavy atom. The number of hydrogen-bond acceptors (Lipinski definition) is 5. The molecule has 1 heterocycles. The number of aryl methyl sites for hydroxylation is 1. The lowest BCUT2D eigenvalue weighted by atomic mass is 9.98. The molecular weight excluding hydrogens is 438 g/mol. The highest BCUT2D eigenvalue weighted by Crippen LogP contribution is 2.35. The topological polar surface area (TPSA) is 95.7 Å². The largest absolute Gasteiger partial charge is 0.494 e. The molecule has 0 atom stereocenters. The van der Waals surface area contributed by atoms with Crippen molar-refractivity contribution in [1.82, 2.24) is 0 Å². The van der Waals surface area contributed by atoms with Crippen molar-refractivity contribution in [2.24, 2.45) is 5.73 Å². The summed E-state index contributed by atoms with van der Waals surface area (Å²) in [7, 11) is -3.93. The van der Waals surface area contributed by atoms with Gasteiger partial charge in [-0.15, -0.1) is 0 Å². The number of primary amides is 1. The van der Waals surface area contributed by atoms with Crippen LogP contribution in [0, 0.1) is 0 Å². The van der Waals surface area contributed by atoms with Gasteiger partial charge in [-0.25, -0.2) is 8.42 Å². The van der Waals surface area contributed by atoms with Gasteiger partial charge in [0, 0.05) is 13.2 Å². The van der Waals surface area contributed by atoms with Crippen LogP contribution in [0.25, 0.3) is 10.8 Å². The summed E-state index contributed by atoms with van der Waals surface area (Å²) in [6.07, 6.45) is 3.00. The van der Waals surface area contributed by atoms with Crippen LogP contribution in [-0.4, -0.2) is 38.9 Å². The van der Waals surface area contributed by atoms with Crippen molar-refractivity contribution in [2.45, 2.75) is 41.7 Å². The van der Waals surface area contributed by atoms with Crippen LogP contribution in [0.3, 0.4) is 0 Å². The average molecular weight is 468 g/mol. The molecule has 3 aromatic rings. The van der Waals surface area contributed by atoms with Crippen LogP contribution in [0.1, 0.15) is 31.2 Å². The number of benzene rings is 3. The van der Waals surface area contributed by atoms with E-state index in [1.54, 1.807) is 12.1 Å². The smallest absolute Gasteiger partial charge is 0.239 e. The highest BCUT2D eigenvalue weighted by Gasteiger charge is 2.51. The molecule has 2 N–H and O–H groups in total. The molecule has 0 spiro atoms. The summed E-state index contributed by atoms with van der Waals surface area (Å²) >= 11 is 0. The van der Waals surface area contributed by atoms with E-state index >= 15 is 0 Å². The SMILES string of the molecule is NC(=O)C1(S(=O)(=O)c2ccc(OCCCCc3ccc4ccccc4c3)cc2)CCOCC1. The van der Waals surface area contributed by atoms with E-state index in [1.807, 2.05) is 12.1 Å². The highest BCUT2D eigenvalue weighted by molar-refractivity contribution is 7.93. The van der Waals surface area contributed by atoms with Crippen LogP contribution >= 0.6 is 0 Å². The summed E-state index contributed by atoms with van der Waals surface area (Å²) in [5.74, 6) is -0.225. The second kappa shape index (κ2) is 9.93. The first kappa shape index (κ1) is 23.3. The monoisotopic (exact) mass is 467 g/mol. The van der Waals surface area contributed by atoms with E-state index < -0.39 is 20.5 Å². The molecule has 7 heteroatoms. The standard InChI is InChI=1S/C26H29NO5S/c27-25(28)26(14-17-31-18-15-26)33(29,30)24-12-10-23(11-13-24)32-16-4-3-5-20-8-9-21-6-1-2-7-22(21)19-20/h1-2,6-13,19H,3-5,14-18H2,(H2,27,28). The van der Waals surface area contributed by atoms with E-state index in [9.17, 15) is 13.2 Å². The van der Waals surface area contributed by atoms with Gasteiger partial charge in [-0.3, -0.25) is 4.79 Å². The molecule has 1 aliphatic rings. The van der Waals surface area contributed by atoms with Crippen LogP contribution in [0.2, 0.25) is 0 Å². The summed E-state index contributed by atoms with van der Waals surface area (Å²) in [5.41, 5.74) is 6.83. The summed E-state index contributed by atoms with van der Waals surface area (Å²) in [6.45, 7) is 0.938. The van der Waals surface area contributed by atoms with E-state index in [1.165, 1.54) is 28.5 Å². The molecule has 0 aromatic heterocycles. The Bertz CT molecular complexity index is 1210. The van der Waals surface area contributed by atoms with Gasteiger partial charge in [0.2, 0.25) is 5.91 Å². The Labute approximate surface area is 194 Å². The predicted molar refractivity (Wildman–Crippen MR) is 128 cm³/mol. The van der Waals surface area contributed by atoms with Crippen LogP contribution in [0.15, 0.2) is 71.6 Å². The fraction of sp³-hybridized carbons (Fsp3) is 0.346. The molecule has 0 aliphatic carbocycles. The first-order valence-corrected chi connectivity index (χ1v) is 12.7. The van der Waals surface area contributed by atoms with Gasteiger partial charge < -0.3 is 15.2 Å². The minimum atomic E-state index is -3.93. The number of ether oxygens (including phenoxy) is 2. The van der Waals surface area contributed by atoms with Gasteiger partial charge in [0.15, 0.2) is 14.6 Å². The summed E-state index contributed by atoms with van der Waals surface area (Å²) in [6, 6.07) is 21.1. The fourth-order valence-electron chi connectivity index (χ4n) is 4.30. The molecule has 0 saturated carbocycles. The molecule has 174 valence electrons. The maximum Gasteiger partial charge on any atom is 0.239 e. The second-order valence-electron chi connectivity index (χ2n) is 8.43. The quantitative estimate of drug-likeness (QED) is 0.479. The van der Waals surface area contributed by atoms with Gasteiger partial charge in [0.05, 0.1) is 11.5 Å². The highest BCUT2D eigenvalue weighted by atomic mass is 32.2. The number of carbonyl (C=O) groups excluding carboxylic acids is 1. The number of carbonyl (C=O) groups is 1. The van der Waals surface area contributed by atoms with Crippen LogP contribution in [0.5, 0.6) is 5.75 Å². The zero-order valence-electron chi connectivity index (χ0n) is 18.5. The molecule has 1 fully saturated rings. The van der Waals surface area contributed by atoms with Gasteiger partial charge in [-0.2, -0.15) is 0 Å². The lowest BCUT2D eigenvalue weighted by Crippen LogP contribution is -2.53. The number of nitrogens with two attached hydrogens (primary N) is 1. The van der Waals surface area contributed by atoms with Crippen molar-refractivity contribution < 1.29 is 22.7 Å². The Balaban J connectivity index is 1.30. The van der Waals surface area contributed by atoms with Crippen molar-refractivity contribution >= 4 is 26.5 Å². The molecule has 0 radical (unpaired) electrons. The Morgan fingerprint density at radius 2 is 1.64 bits per heavy atom. The third-order valence-corrected chi connectivity index (χ3v) is 8.87. The zero-order chi connectivity index (χ0) is 23.3. The third kappa shape index (κ3) is 4.89. The number of amides is 1. The zero-order valence-corrected chi connectivity index (χ0v) is 19.4. The average Bonchev–Trinajstić information content (AvgIpc) is 2.84. The van der Waals surface area contributed by atoms with Crippen molar-refractivity contribution in [3.63, 3.8) is 0 Å². The van der Waals surface area contributed by atoms with E-state index in [0.717, 1.165) is 19.3 Å². The molecule has 0 unspecified atom stereocenters. The number of fused-ring (bicyclic) bond motifs is 1. The number of rotatable bonds is 9. The molecule has 0 bridgehead atoms. The maximum atomic E-state index is 13.2. The number of sulfone groups is 1. The second-order valence-corrected chi connectivity index (χ2v) is 10.7. The maximum absolute atomic E-state index is 13.2. The Morgan fingerprint density at radius 3 is 2.33 bits per heavy atom. The molecule has 1 aliphatic heterocycles. The fourth-order valence-corrected chi connectivity index (χ4v) is 6.22. The van der Waals surface area contributed by atoms with Crippen molar-refractivity contribution in [1.29, 1.82) is 0 Å². The molecule has 1 saturated heterocycles. The summed E-state index contributed by atoms with van der Waals surface area (Å²) in [5, 5.41) is 2.49. The number of unbranched alkanes of at least 4 members (excludes halogenated alkanes) is 1. The van der Waals surface area contributed by atoms with Gasteiger partial charge in [0.1, 0.15) is 5.75 Å². The Kier molecular flexibility index (Phi) is 7.00. The van der Waals surface area contributed by atoms with E-state index in [0.29, 0.717) is 12.4 Å². The van der Waals surface area contributed by atoms with Crippen molar-refractivity contribution in [3.05, 3.63) is 72.3 Å². The number of hydrogen-bond donors (Lipinski definition) is 1. The molecule has 3 aromatic carbocycles. The third-order valence-electron chi connectivity index (χ3n) is 6.34.